The second-order valence-electron chi connectivity index (χ2n) is 2.91. The summed E-state index contributed by atoms with van der Waals surface area (Å²) >= 11 is 0. The Kier molecular flexibility index (Phi) is 1.46. The van der Waals surface area contributed by atoms with E-state index in [1.807, 2.05) is 0 Å². The second kappa shape index (κ2) is 2.45. The third-order valence-corrected chi connectivity index (χ3v) is 2.21. The Bertz CT molecular complexity index is 182. The zero-order valence-corrected chi connectivity index (χ0v) is 6.01. The Morgan fingerprint density at radius 3 is 3.40 bits per heavy atom. The number of allylic oxidation sites excluding steroid dienone is 2. The molecule has 2 rings (SSSR count). The molecule has 1 aliphatic heterocycles. The van der Waals surface area contributed by atoms with Gasteiger partial charge in [-0.15, -0.1) is 0 Å². The smallest absolute Gasteiger partial charge is 0.0450 e. The van der Waals surface area contributed by atoms with Crippen LogP contribution in [0.1, 0.15) is 19.3 Å². The van der Waals surface area contributed by atoms with Crippen molar-refractivity contribution in [3.05, 3.63) is 12.2 Å². The van der Waals surface area contributed by atoms with E-state index >= 15 is 0 Å². The lowest BCUT2D eigenvalue weighted by Crippen LogP contribution is -2.28. The molecule has 2 heteroatoms. The van der Waals surface area contributed by atoms with Crippen molar-refractivity contribution in [2.75, 3.05) is 6.54 Å². The molecule has 1 N–H and O–H groups in total. The molecule has 0 aromatic carbocycles. The van der Waals surface area contributed by atoms with Gasteiger partial charge in [-0.25, -0.2) is 0 Å². The molecule has 0 spiro atoms. The first-order valence-corrected chi connectivity index (χ1v) is 3.91. The first-order chi connectivity index (χ1) is 4.97. The average Bonchev–Trinajstić information content (AvgIpc) is 2.05. The molecule has 0 saturated carbocycles. The van der Waals surface area contributed by atoms with Gasteiger partial charge in [-0.05, 0) is 12.8 Å². The summed E-state index contributed by atoms with van der Waals surface area (Å²) in [6.45, 7) is 1.06. The summed E-state index contributed by atoms with van der Waals surface area (Å²) in [6.07, 6.45) is 8.03. The predicted molar refractivity (Wildman–Crippen MR) is 41.9 cm³/mol. The number of hydrogen-bond acceptors (Lipinski definition) is 2. The molecule has 0 aromatic rings. The van der Waals surface area contributed by atoms with Crippen LogP contribution < -0.4 is 5.43 Å². The highest BCUT2D eigenvalue weighted by Crippen LogP contribution is 2.20. The SMILES string of the molecule is C1=CCC2CCNN=C2C1. The highest BCUT2D eigenvalue weighted by atomic mass is 15.3. The van der Waals surface area contributed by atoms with Gasteiger partial charge in [-0.3, -0.25) is 0 Å². The molecule has 2 nitrogen and oxygen atoms in total. The first kappa shape index (κ1) is 5.96. The van der Waals surface area contributed by atoms with Gasteiger partial charge in [0.15, 0.2) is 0 Å². The van der Waals surface area contributed by atoms with Gasteiger partial charge in [0.2, 0.25) is 0 Å². The van der Waals surface area contributed by atoms with Gasteiger partial charge in [0.1, 0.15) is 0 Å². The number of hydrogen-bond donors (Lipinski definition) is 1. The van der Waals surface area contributed by atoms with Crippen molar-refractivity contribution in [1.82, 2.24) is 5.43 Å². The zero-order chi connectivity index (χ0) is 6.81. The highest BCUT2D eigenvalue weighted by molar-refractivity contribution is 5.89. The van der Waals surface area contributed by atoms with Crippen LogP contribution in [0.3, 0.4) is 0 Å². The van der Waals surface area contributed by atoms with E-state index in [1.165, 1.54) is 18.6 Å². The second-order valence-corrected chi connectivity index (χ2v) is 2.91. The monoisotopic (exact) mass is 136 g/mol. The molecule has 1 unspecified atom stereocenters. The largest absolute Gasteiger partial charge is 0.310 e. The van der Waals surface area contributed by atoms with Crippen LogP contribution in [0.25, 0.3) is 0 Å². The molecule has 0 bridgehead atoms. The van der Waals surface area contributed by atoms with Gasteiger partial charge in [0.05, 0.1) is 0 Å². The van der Waals surface area contributed by atoms with Crippen molar-refractivity contribution < 1.29 is 0 Å². The minimum atomic E-state index is 0.756. The van der Waals surface area contributed by atoms with E-state index in [2.05, 4.69) is 22.7 Å². The Labute approximate surface area is 61.0 Å². The van der Waals surface area contributed by atoms with Gasteiger partial charge in [0, 0.05) is 24.6 Å². The molecule has 1 heterocycles. The van der Waals surface area contributed by atoms with E-state index in [9.17, 15) is 0 Å². The molecule has 0 fully saturated rings. The van der Waals surface area contributed by atoms with Gasteiger partial charge in [0.25, 0.3) is 0 Å². The lowest BCUT2D eigenvalue weighted by molar-refractivity contribution is 0.532. The first-order valence-electron chi connectivity index (χ1n) is 3.91. The Morgan fingerprint density at radius 2 is 2.50 bits per heavy atom. The standard InChI is InChI=1S/C8H12N2/c1-2-4-8-7(3-1)5-6-9-10-8/h1-2,7,9H,3-6H2. The van der Waals surface area contributed by atoms with Crippen LogP contribution in [0.15, 0.2) is 17.3 Å². The number of fused-ring (bicyclic) bond motifs is 1. The van der Waals surface area contributed by atoms with E-state index < -0.39 is 0 Å². The van der Waals surface area contributed by atoms with Gasteiger partial charge in [-0.1, -0.05) is 12.2 Å². The average molecular weight is 136 g/mol. The van der Waals surface area contributed by atoms with E-state index in [0.29, 0.717) is 0 Å². The van der Waals surface area contributed by atoms with E-state index in [-0.39, 0.29) is 0 Å². The van der Waals surface area contributed by atoms with Crippen LogP contribution >= 0.6 is 0 Å². The van der Waals surface area contributed by atoms with E-state index in [4.69, 9.17) is 0 Å². The number of rotatable bonds is 0. The molecule has 0 saturated heterocycles. The van der Waals surface area contributed by atoms with E-state index in [1.54, 1.807) is 0 Å². The fourth-order valence-electron chi connectivity index (χ4n) is 1.58. The van der Waals surface area contributed by atoms with Crippen LogP contribution in [0.4, 0.5) is 0 Å². The van der Waals surface area contributed by atoms with Crippen molar-refractivity contribution in [2.45, 2.75) is 19.3 Å². The quantitative estimate of drug-likeness (QED) is 0.499. The molecular weight excluding hydrogens is 124 g/mol. The minimum Gasteiger partial charge on any atom is -0.310 e. The van der Waals surface area contributed by atoms with Crippen LogP contribution in [0.2, 0.25) is 0 Å². The van der Waals surface area contributed by atoms with Crippen LogP contribution in [0.5, 0.6) is 0 Å². The van der Waals surface area contributed by atoms with Crippen molar-refractivity contribution in [3.63, 3.8) is 0 Å². The summed E-state index contributed by atoms with van der Waals surface area (Å²) in [5, 5.41) is 4.27. The molecule has 0 amide bonds. The molecule has 1 aliphatic carbocycles. The topological polar surface area (TPSA) is 24.4 Å². The lowest BCUT2D eigenvalue weighted by Gasteiger charge is -2.24. The Hall–Kier alpha value is -0.790. The number of hydrazone groups is 1. The molecular formula is C8H12N2. The van der Waals surface area contributed by atoms with Crippen LogP contribution in [0, 0.1) is 5.92 Å². The van der Waals surface area contributed by atoms with Crippen molar-refractivity contribution >= 4 is 5.71 Å². The molecule has 10 heavy (non-hydrogen) atoms. The number of nitrogens with one attached hydrogen (secondary N) is 1. The molecule has 1 atom stereocenters. The maximum absolute atomic E-state index is 4.27. The third kappa shape index (κ3) is 0.939. The predicted octanol–water partition coefficient (Wildman–Crippen LogP) is 1.30. The zero-order valence-electron chi connectivity index (χ0n) is 6.01. The molecule has 0 radical (unpaired) electrons. The normalized spacial score (nSPS) is 30.4. The fraction of sp³-hybridized carbons (Fsp3) is 0.625. The molecule has 0 aromatic heterocycles. The summed E-state index contributed by atoms with van der Waals surface area (Å²) < 4.78 is 0. The van der Waals surface area contributed by atoms with Gasteiger partial charge >= 0.3 is 0 Å². The molecule has 54 valence electrons. The van der Waals surface area contributed by atoms with Crippen molar-refractivity contribution in [1.29, 1.82) is 0 Å². The van der Waals surface area contributed by atoms with Crippen LogP contribution in [-0.2, 0) is 0 Å². The summed E-state index contributed by atoms with van der Waals surface area (Å²) in [5.74, 6) is 0.756. The summed E-state index contributed by atoms with van der Waals surface area (Å²) in [5.41, 5.74) is 4.39. The minimum absolute atomic E-state index is 0.756. The summed E-state index contributed by atoms with van der Waals surface area (Å²) in [7, 11) is 0. The third-order valence-electron chi connectivity index (χ3n) is 2.21. The van der Waals surface area contributed by atoms with Crippen LogP contribution in [-0.4, -0.2) is 12.3 Å². The summed E-state index contributed by atoms with van der Waals surface area (Å²) in [4.78, 5) is 0. The van der Waals surface area contributed by atoms with Gasteiger partial charge in [-0.2, -0.15) is 5.10 Å². The maximum Gasteiger partial charge on any atom is 0.0450 e. The Balaban J connectivity index is 2.17. The maximum atomic E-state index is 4.27. The Morgan fingerprint density at radius 1 is 1.50 bits per heavy atom. The van der Waals surface area contributed by atoms with E-state index in [0.717, 1.165) is 18.9 Å². The van der Waals surface area contributed by atoms with Gasteiger partial charge < -0.3 is 5.43 Å². The fourth-order valence-corrected chi connectivity index (χ4v) is 1.58. The molecule has 2 aliphatic rings. The summed E-state index contributed by atoms with van der Waals surface area (Å²) in [6, 6.07) is 0. The lowest BCUT2D eigenvalue weighted by atomic mass is 9.89. The van der Waals surface area contributed by atoms with Crippen molar-refractivity contribution in [3.8, 4) is 0 Å². The number of nitrogens with zero attached hydrogens (tertiary/aromatic N) is 1. The highest BCUT2D eigenvalue weighted by Gasteiger charge is 2.19. The van der Waals surface area contributed by atoms with Crippen molar-refractivity contribution in [2.24, 2.45) is 11.0 Å².